The van der Waals surface area contributed by atoms with Crippen molar-refractivity contribution in [1.29, 1.82) is 0 Å². The molecule has 4 aromatic carbocycles. The zero-order chi connectivity index (χ0) is 23.2. The first-order valence-electron chi connectivity index (χ1n) is 11.2. The minimum absolute atomic E-state index is 0.233. The lowest BCUT2D eigenvalue weighted by molar-refractivity contribution is -0.139. The fraction of sp³-hybridized carbons (Fsp3) is 0.143. The standard InChI is InChI=1S/C28H21NO5/c30-27-22-8-4-3-7-21(22)25(28(31)32)26(19-10-12-23-24(16-19)34-14-13-33-23)29(27)20-11-9-17-5-1-2-6-18(17)15-20/h1-12,15-16,25-26H,13-14H2,(H,31,32). The Morgan fingerprint density at radius 2 is 1.56 bits per heavy atom. The van der Waals surface area contributed by atoms with Gasteiger partial charge in [-0.05, 0) is 52.2 Å². The molecule has 0 aliphatic carbocycles. The number of amides is 1. The van der Waals surface area contributed by atoms with Crippen LogP contribution in [0.1, 0.15) is 33.4 Å². The Morgan fingerprint density at radius 1 is 0.824 bits per heavy atom. The number of carbonyl (C=O) groups is 2. The van der Waals surface area contributed by atoms with E-state index < -0.39 is 17.9 Å². The number of aliphatic carboxylic acids is 1. The summed E-state index contributed by atoms with van der Waals surface area (Å²) in [7, 11) is 0. The third-order valence-corrected chi connectivity index (χ3v) is 6.52. The summed E-state index contributed by atoms with van der Waals surface area (Å²) in [6.45, 7) is 0.877. The molecule has 2 atom stereocenters. The number of carboxylic acid groups (broad SMARTS) is 1. The van der Waals surface area contributed by atoms with Gasteiger partial charge in [-0.2, -0.15) is 0 Å². The van der Waals surface area contributed by atoms with Crippen molar-refractivity contribution in [3.63, 3.8) is 0 Å². The average Bonchev–Trinajstić information content (AvgIpc) is 2.88. The van der Waals surface area contributed by atoms with Gasteiger partial charge in [-0.25, -0.2) is 0 Å². The number of fused-ring (bicyclic) bond motifs is 3. The van der Waals surface area contributed by atoms with Gasteiger partial charge >= 0.3 is 5.97 Å². The molecule has 6 rings (SSSR count). The molecule has 1 amide bonds. The van der Waals surface area contributed by atoms with Crippen molar-refractivity contribution in [2.75, 3.05) is 18.1 Å². The van der Waals surface area contributed by atoms with Crippen molar-refractivity contribution < 1.29 is 24.2 Å². The predicted octanol–water partition coefficient (Wildman–Crippen LogP) is 5.18. The maximum Gasteiger partial charge on any atom is 0.313 e. The molecular formula is C28H21NO5. The molecule has 2 aliphatic heterocycles. The monoisotopic (exact) mass is 451 g/mol. The van der Waals surface area contributed by atoms with Gasteiger partial charge in [0.1, 0.15) is 19.1 Å². The first-order valence-corrected chi connectivity index (χ1v) is 11.2. The Balaban J connectivity index is 1.59. The van der Waals surface area contributed by atoms with E-state index in [1.807, 2.05) is 48.5 Å². The lowest BCUT2D eigenvalue weighted by atomic mass is 9.79. The third-order valence-electron chi connectivity index (χ3n) is 6.52. The van der Waals surface area contributed by atoms with Crippen LogP contribution in [0, 0.1) is 0 Å². The van der Waals surface area contributed by atoms with E-state index in [1.165, 1.54) is 0 Å². The van der Waals surface area contributed by atoms with E-state index >= 15 is 0 Å². The van der Waals surface area contributed by atoms with Crippen molar-refractivity contribution in [2.24, 2.45) is 0 Å². The Hall–Kier alpha value is -4.32. The summed E-state index contributed by atoms with van der Waals surface area (Å²) in [5.74, 6) is -1.02. The van der Waals surface area contributed by atoms with Crippen LogP contribution in [-0.2, 0) is 4.79 Å². The summed E-state index contributed by atoms with van der Waals surface area (Å²) >= 11 is 0. The van der Waals surface area contributed by atoms with Gasteiger partial charge in [-0.1, -0.05) is 54.6 Å². The summed E-state index contributed by atoms with van der Waals surface area (Å²) in [4.78, 5) is 28.2. The van der Waals surface area contributed by atoms with Gasteiger partial charge in [-0.3, -0.25) is 14.5 Å². The average molecular weight is 451 g/mol. The van der Waals surface area contributed by atoms with E-state index in [1.54, 1.807) is 41.3 Å². The Morgan fingerprint density at radius 3 is 2.38 bits per heavy atom. The molecule has 2 aliphatic rings. The summed E-state index contributed by atoms with van der Waals surface area (Å²) in [5, 5.41) is 12.4. The van der Waals surface area contributed by atoms with Crippen LogP contribution < -0.4 is 14.4 Å². The molecular weight excluding hydrogens is 430 g/mol. The van der Waals surface area contributed by atoms with E-state index in [0.717, 1.165) is 10.8 Å². The Bertz CT molecular complexity index is 1450. The molecule has 0 saturated heterocycles. The number of nitrogens with zero attached hydrogens (tertiary/aromatic N) is 1. The fourth-order valence-electron chi connectivity index (χ4n) is 5.00. The largest absolute Gasteiger partial charge is 0.486 e. The highest BCUT2D eigenvalue weighted by Gasteiger charge is 2.45. The quantitative estimate of drug-likeness (QED) is 0.464. The number of rotatable bonds is 3. The topological polar surface area (TPSA) is 76.1 Å². The molecule has 0 fully saturated rings. The number of carbonyl (C=O) groups excluding carboxylic acids is 1. The summed E-state index contributed by atoms with van der Waals surface area (Å²) in [5.41, 5.74) is 2.23. The molecule has 0 aromatic heterocycles. The van der Waals surface area contributed by atoms with Gasteiger partial charge in [0.2, 0.25) is 0 Å². The van der Waals surface area contributed by atoms with E-state index in [-0.39, 0.29) is 5.91 Å². The zero-order valence-electron chi connectivity index (χ0n) is 18.2. The lowest BCUT2D eigenvalue weighted by Gasteiger charge is -2.41. The highest BCUT2D eigenvalue weighted by Crippen LogP contribution is 2.47. The number of hydrogen-bond acceptors (Lipinski definition) is 4. The van der Waals surface area contributed by atoms with Gasteiger partial charge < -0.3 is 14.6 Å². The van der Waals surface area contributed by atoms with Gasteiger partial charge in [-0.15, -0.1) is 0 Å². The first-order chi connectivity index (χ1) is 16.6. The lowest BCUT2D eigenvalue weighted by Crippen LogP contribution is -2.45. The van der Waals surface area contributed by atoms with Crippen LogP contribution in [0.3, 0.4) is 0 Å². The van der Waals surface area contributed by atoms with Crippen molar-refractivity contribution in [3.05, 3.63) is 102 Å². The smallest absolute Gasteiger partial charge is 0.313 e. The van der Waals surface area contributed by atoms with Crippen molar-refractivity contribution in [1.82, 2.24) is 0 Å². The molecule has 0 spiro atoms. The fourth-order valence-corrected chi connectivity index (χ4v) is 5.00. The molecule has 1 N–H and O–H groups in total. The van der Waals surface area contributed by atoms with Crippen LogP contribution in [-0.4, -0.2) is 30.2 Å². The molecule has 6 nitrogen and oxygen atoms in total. The molecule has 2 heterocycles. The molecule has 4 aromatic rings. The normalized spacial score (nSPS) is 19.1. The maximum absolute atomic E-state index is 13.9. The molecule has 0 saturated carbocycles. The van der Waals surface area contributed by atoms with Crippen LogP contribution in [0.5, 0.6) is 11.5 Å². The number of anilines is 1. The molecule has 168 valence electrons. The number of benzene rings is 4. The van der Waals surface area contributed by atoms with Gasteiger partial charge in [0.15, 0.2) is 11.5 Å². The summed E-state index contributed by atoms with van der Waals surface area (Å²) < 4.78 is 11.4. The van der Waals surface area contributed by atoms with Crippen molar-refractivity contribution in [3.8, 4) is 11.5 Å². The highest BCUT2D eigenvalue weighted by molar-refractivity contribution is 6.11. The van der Waals surface area contributed by atoms with Crippen molar-refractivity contribution in [2.45, 2.75) is 12.0 Å². The van der Waals surface area contributed by atoms with Crippen molar-refractivity contribution >= 4 is 28.3 Å². The summed E-state index contributed by atoms with van der Waals surface area (Å²) in [6, 6.07) is 25.2. The van der Waals surface area contributed by atoms with E-state index in [9.17, 15) is 14.7 Å². The minimum Gasteiger partial charge on any atom is -0.486 e. The van der Waals surface area contributed by atoms with Gasteiger partial charge in [0.25, 0.3) is 5.91 Å². The van der Waals surface area contributed by atoms with E-state index in [2.05, 4.69) is 0 Å². The van der Waals surface area contributed by atoms with Gasteiger partial charge in [0, 0.05) is 11.3 Å². The second-order valence-corrected chi connectivity index (χ2v) is 8.46. The van der Waals surface area contributed by atoms with E-state index in [4.69, 9.17) is 9.47 Å². The number of ether oxygens (including phenoxy) is 2. The maximum atomic E-state index is 13.9. The Kier molecular flexibility index (Phi) is 4.73. The second-order valence-electron chi connectivity index (χ2n) is 8.46. The SMILES string of the molecule is O=C(O)C1c2ccccc2C(=O)N(c2ccc3ccccc3c2)C1c1ccc2c(c1)OCCO2. The third kappa shape index (κ3) is 3.18. The van der Waals surface area contributed by atoms with Crippen LogP contribution >= 0.6 is 0 Å². The highest BCUT2D eigenvalue weighted by atomic mass is 16.6. The number of carboxylic acids is 1. The number of hydrogen-bond donors (Lipinski definition) is 1. The summed E-state index contributed by atoms with van der Waals surface area (Å²) in [6.07, 6.45) is 0. The van der Waals surface area contributed by atoms with Crippen LogP contribution in [0.15, 0.2) is 84.9 Å². The molecule has 6 heteroatoms. The molecule has 34 heavy (non-hydrogen) atoms. The second kappa shape index (κ2) is 7.92. The molecule has 0 radical (unpaired) electrons. The molecule has 2 unspecified atom stereocenters. The first kappa shape index (κ1) is 20.3. The minimum atomic E-state index is -0.995. The van der Waals surface area contributed by atoms with Crippen LogP contribution in [0.4, 0.5) is 5.69 Å². The predicted molar refractivity (Wildman–Crippen MR) is 128 cm³/mol. The van der Waals surface area contributed by atoms with E-state index in [0.29, 0.717) is 47.1 Å². The van der Waals surface area contributed by atoms with Gasteiger partial charge in [0.05, 0.1) is 6.04 Å². The van der Waals surface area contributed by atoms with Crippen LogP contribution in [0.25, 0.3) is 10.8 Å². The Labute approximate surface area is 196 Å². The van der Waals surface area contributed by atoms with Crippen LogP contribution in [0.2, 0.25) is 0 Å². The molecule has 0 bridgehead atoms. The zero-order valence-corrected chi connectivity index (χ0v) is 18.2.